The van der Waals surface area contributed by atoms with Crippen molar-refractivity contribution in [3.63, 3.8) is 0 Å². The minimum atomic E-state index is -4.79. The first-order chi connectivity index (χ1) is 8.30. The first-order valence-corrected chi connectivity index (χ1v) is 5.44. The Kier molecular flexibility index (Phi) is 3.04. The van der Waals surface area contributed by atoms with Gasteiger partial charge in [0, 0.05) is 18.7 Å². The zero-order valence-electron chi connectivity index (χ0n) is 9.59. The number of hydrogen-bond acceptors (Lipinski definition) is 1. The van der Waals surface area contributed by atoms with E-state index in [0.717, 1.165) is 18.9 Å². The second-order valence-electron chi connectivity index (χ2n) is 4.34. The SMILES string of the molecule is CN(C(=O)c1ccc(F)c(C(F)(F)F)c1)C1CC1. The average molecular weight is 261 g/mol. The fourth-order valence-electron chi connectivity index (χ4n) is 1.71. The van der Waals surface area contributed by atoms with Crippen LogP contribution in [0, 0.1) is 5.82 Å². The van der Waals surface area contributed by atoms with Gasteiger partial charge in [0.05, 0.1) is 5.56 Å². The lowest BCUT2D eigenvalue weighted by atomic mass is 10.1. The second-order valence-corrected chi connectivity index (χ2v) is 4.34. The third-order valence-electron chi connectivity index (χ3n) is 2.93. The van der Waals surface area contributed by atoms with Crippen LogP contribution in [0.5, 0.6) is 0 Å². The Morgan fingerprint density at radius 2 is 1.94 bits per heavy atom. The van der Waals surface area contributed by atoms with E-state index in [1.807, 2.05) is 0 Å². The highest BCUT2D eigenvalue weighted by atomic mass is 19.4. The van der Waals surface area contributed by atoms with E-state index in [-0.39, 0.29) is 11.6 Å². The monoisotopic (exact) mass is 261 g/mol. The van der Waals surface area contributed by atoms with Crippen LogP contribution in [0.15, 0.2) is 18.2 Å². The Balaban J connectivity index is 2.31. The molecule has 1 amide bonds. The van der Waals surface area contributed by atoms with Crippen LogP contribution < -0.4 is 0 Å². The van der Waals surface area contributed by atoms with Crippen molar-refractivity contribution in [2.75, 3.05) is 7.05 Å². The van der Waals surface area contributed by atoms with E-state index in [1.54, 1.807) is 0 Å². The van der Waals surface area contributed by atoms with Crippen LogP contribution in [0.4, 0.5) is 17.6 Å². The van der Waals surface area contributed by atoms with E-state index in [2.05, 4.69) is 0 Å². The largest absolute Gasteiger partial charge is 0.419 e. The molecule has 0 aromatic heterocycles. The molecule has 18 heavy (non-hydrogen) atoms. The number of carbonyl (C=O) groups is 1. The molecule has 98 valence electrons. The van der Waals surface area contributed by atoms with E-state index in [4.69, 9.17) is 0 Å². The van der Waals surface area contributed by atoms with Crippen LogP contribution in [0.2, 0.25) is 0 Å². The summed E-state index contributed by atoms with van der Waals surface area (Å²) in [5.41, 5.74) is -1.55. The maximum atomic E-state index is 13.1. The van der Waals surface area contributed by atoms with Crippen molar-refractivity contribution in [2.45, 2.75) is 25.1 Å². The maximum absolute atomic E-state index is 13.1. The van der Waals surface area contributed by atoms with Crippen LogP contribution in [0.25, 0.3) is 0 Å². The Morgan fingerprint density at radius 1 is 1.33 bits per heavy atom. The fourth-order valence-corrected chi connectivity index (χ4v) is 1.71. The number of carbonyl (C=O) groups excluding carboxylic acids is 1. The minimum Gasteiger partial charge on any atom is -0.339 e. The molecular weight excluding hydrogens is 250 g/mol. The predicted molar refractivity (Wildman–Crippen MR) is 56.5 cm³/mol. The number of hydrogen-bond donors (Lipinski definition) is 0. The van der Waals surface area contributed by atoms with Crippen molar-refractivity contribution < 1.29 is 22.4 Å². The quantitative estimate of drug-likeness (QED) is 0.749. The molecule has 1 aromatic carbocycles. The molecule has 1 aliphatic carbocycles. The lowest BCUT2D eigenvalue weighted by molar-refractivity contribution is -0.140. The summed E-state index contributed by atoms with van der Waals surface area (Å²) in [5.74, 6) is -1.88. The number of alkyl halides is 3. The zero-order chi connectivity index (χ0) is 13.5. The van der Waals surface area contributed by atoms with Gasteiger partial charge >= 0.3 is 6.18 Å². The van der Waals surface area contributed by atoms with Crippen molar-refractivity contribution in [3.05, 3.63) is 35.1 Å². The molecule has 0 aliphatic heterocycles. The fraction of sp³-hybridized carbons (Fsp3) is 0.417. The van der Waals surface area contributed by atoms with E-state index in [0.29, 0.717) is 12.1 Å². The van der Waals surface area contributed by atoms with Gasteiger partial charge in [-0.15, -0.1) is 0 Å². The van der Waals surface area contributed by atoms with Gasteiger partial charge in [-0.2, -0.15) is 13.2 Å². The molecule has 0 atom stereocenters. The van der Waals surface area contributed by atoms with E-state index in [1.165, 1.54) is 11.9 Å². The van der Waals surface area contributed by atoms with Crippen LogP contribution in [-0.2, 0) is 6.18 Å². The van der Waals surface area contributed by atoms with Gasteiger partial charge in [0.25, 0.3) is 5.91 Å². The third-order valence-corrected chi connectivity index (χ3v) is 2.93. The van der Waals surface area contributed by atoms with Crippen LogP contribution in [0.3, 0.4) is 0 Å². The number of nitrogens with zero attached hydrogens (tertiary/aromatic N) is 1. The summed E-state index contributed by atoms with van der Waals surface area (Å²) in [5, 5.41) is 0. The lowest BCUT2D eigenvalue weighted by Gasteiger charge is -2.17. The molecule has 1 fully saturated rings. The highest BCUT2D eigenvalue weighted by molar-refractivity contribution is 5.94. The summed E-state index contributed by atoms with van der Waals surface area (Å²) in [6.07, 6.45) is -3.08. The molecule has 0 saturated heterocycles. The summed E-state index contributed by atoms with van der Waals surface area (Å²) in [7, 11) is 1.54. The molecule has 0 heterocycles. The maximum Gasteiger partial charge on any atom is 0.419 e. The lowest BCUT2D eigenvalue weighted by Crippen LogP contribution is -2.29. The van der Waals surface area contributed by atoms with Gasteiger partial charge in [-0.1, -0.05) is 0 Å². The van der Waals surface area contributed by atoms with Crippen molar-refractivity contribution in [1.82, 2.24) is 4.90 Å². The molecule has 2 nitrogen and oxygen atoms in total. The molecule has 0 N–H and O–H groups in total. The predicted octanol–water partition coefficient (Wildman–Crippen LogP) is 3.08. The van der Waals surface area contributed by atoms with Gasteiger partial charge < -0.3 is 4.90 Å². The molecule has 0 unspecified atom stereocenters. The summed E-state index contributed by atoms with van der Waals surface area (Å²) in [4.78, 5) is 13.2. The number of rotatable bonds is 2. The minimum absolute atomic E-state index is 0.0943. The highest BCUT2D eigenvalue weighted by Crippen LogP contribution is 2.33. The van der Waals surface area contributed by atoms with Crippen molar-refractivity contribution in [3.8, 4) is 0 Å². The third kappa shape index (κ3) is 2.47. The summed E-state index contributed by atoms with van der Waals surface area (Å²) in [6, 6.07) is 2.41. The normalized spacial score (nSPS) is 15.6. The van der Waals surface area contributed by atoms with Gasteiger partial charge in [-0.3, -0.25) is 4.79 Å². The standard InChI is InChI=1S/C12H11F4NO/c1-17(8-3-4-8)11(18)7-2-5-10(13)9(6-7)12(14,15)16/h2,5-6,8H,3-4H2,1H3. The van der Waals surface area contributed by atoms with Gasteiger partial charge in [0.2, 0.25) is 0 Å². The average Bonchev–Trinajstić information content (AvgIpc) is 3.10. The molecule has 1 aromatic rings. The molecule has 2 rings (SSSR count). The smallest absolute Gasteiger partial charge is 0.339 e. The molecular formula is C12H11F4NO. The first kappa shape index (κ1) is 12.9. The van der Waals surface area contributed by atoms with Gasteiger partial charge in [0.15, 0.2) is 0 Å². The van der Waals surface area contributed by atoms with E-state index in [9.17, 15) is 22.4 Å². The summed E-state index contributed by atoms with van der Waals surface area (Å²) in [6.45, 7) is 0. The second kappa shape index (κ2) is 4.26. The topological polar surface area (TPSA) is 20.3 Å². The van der Waals surface area contributed by atoms with E-state index < -0.39 is 23.5 Å². The Bertz CT molecular complexity index is 479. The zero-order valence-corrected chi connectivity index (χ0v) is 9.59. The Morgan fingerprint density at radius 3 is 2.44 bits per heavy atom. The van der Waals surface area contributed by atoms with E-state index >= 15 is 0 Å². The molecule has 0 spiro atoms. The van der Waals surface area contributed by atoms with Crippen LogP contribution in [-0.4, -0.2) is 23.9 Å². The number of benzene rings is 1. The number of amides is 1. The van der Waals surface area contributed by atoms with Crippen molar-refractivity contribution >= 4 is 5.91 Å². The molecule has 1 saturated carbocycles. The molecule has 0 bridgehead atoms. The first-order valence-electron chi connectivity index (χ1n) is 5.44. The molecule has 6 heteroatoms. The van der Waals surface area contributed by atoms with Crippen LogP contribution in [0.1, 0.15) is 28.8 Å². The summed E-state index contributed by atoms with van der Waals surface area (Å²) >= 11 is 0. The molecule has 1 aliphatic rings. The van der Waals surface area contributed by atoms with Crippen LogP contribution >= 0.6 is 0 Å². The van der Waals surface area contributed by atoms with Crippen molar-refractivity contribution in [2.24, 2.45) is 0 Å². The molecule has 0 radical (unpaired) electrons. The number of halogens is 4. The Labute approximate surface area is 101 Å². The van der Waals surface area contributed by atoms with Crippen molar-refractivity contribution in [1.29, 1.82) is 0 Å². The van der Waals surface area contributed by atoms with Gasteiger partial charge in [-0.05, 0) is 31.0 Å². The Hall–Kier alpha value is -1.59. The van der Waals surface area contributed by atoms with Gasteiger partial charge in [0.1, 0.15) is 5.82 Å². The summed E-state index contributed by atoms with van der Waals surface area (Å²) < 4.78 is 50.6. The highest BCUT2D eigenvalue weighted by Gasteiger charge is 2.36. The van der Waals surface area contributed by atoms with Gasteiger partial charge in [-0.25, -0.2) is 4.39 Å².